The topological polar surface area (TPSA) is 40.9 Å². The lowest BCUT2D eigenvalue weighted by Gasteiger charge is -2.38. The standard InChI is InChI=1S/C31H34N4O/c1-21(2)33-14-16-34(17-15-33)28-9-4-23(18-22(28)3)19-26-6-10-29(35-13-12-32-31(26)35)25-5-8-27-24(20-25)7-11-30(27)36/h4-6,8-10,12-13,18,20-21H,7,11,14-17,19H2,1-3H3. The molecule has 5 nitrogen and oxygen atoms in total. The molecule has 0 saturated carbocycles. The van der Waals surface area contributed by atoms with E-state index in [9.17, 15) is 4.79 Å². The first-order chi connectivity index (χ1) is 17.5. The smallest absolute Gasteiger partial charge is 0.163 e. The fourth-order valence-corrected chi connectivity index (χ4v) is 5.94. The predicted octanol–water partition coefficient (Wildman–Crippen LogP) is 5.56. The van der Waals surface area contributed by atoms with Crippen molar-refractivity contribution in [3.05, 3.63) is 88.7 Å². The second-order valence-corrected chi connectivity index (χ2v) is 10.6. The minimum Gasteiger partial charge on any atom is -0.369 e. The van der Waals surface area contributed by atoms with Crippen LogP contribution in [0, 0.1) is 6.92 Å². The second-order valence-electron chi connectivity index (χ2n) is 10.6. The van der Waals surface area contributed by atoms with Gasteiger partial charge in [0.15, 0.2) is 5.78 Å². The van der Waals surface area contributed by atoms with E-state index in [-0.39, 0.29) is 5.78 Å². The number of pyridine rings is 1. The van der Waals surface area contributed by atoms with Gasteiger partial charge in [0.1, 0.15) is 5.65 Å². The van der Waals surface area contributed by atoms with Gasteiger partial charge >= 0.3 is 0 Å². The van der Waals surface area contributed by atoms with Crippen molar-refractivity contribution in [1.82, 2.24) is 14.3 Å². The number of rotatable bonds is 5. The molecular weight excluding hydrogens is 444 g/mol. The summed E-state index contributed by atoms with van der Waals surface area (Å²) in [6.45, 7) is 11.2. The third-order valence-corrected chi connectivity index (χ3v) is 7.99. The van der Waals surface area contributed by atoms with Gasteiger partial charge in [-0.15, -0.1) is 0 Å². The van der Waals surface area contributed by atoms with Crippen molar-refractivity contribution in [3.63, 3.8) is 0 Å². The number of fused-ring (bicyclic) bond motifs is 2. The fourth-order valence-electron chi connectivity index (χ4n) is 5.94. The molecule has 0 atom stereocenters. The van der Waals surface area contributed by atoms with Crippen molar-refractivity contribution in [2.75, 3.05) is 31.1 Å². The Morgan fingerprint density at radius 3 is 2.56 bits per heavy atom. The van der Waals surface area contributed by atoms with Crippen molar-refractivity contribution in [1.29, 1.82) is 0 Å². The Morgan fingerprint density at radius 2 is 1.78 bits per heavy atom. The zero-order valence-corrected chi connectivity index (χ0v) is 21.5. The normalized spacial score (nSPS) is 16.3. The molecule has 1 aliphatic carbocycles. The van der Waals surface area contributed by atoms with Crippen LogP contribution in [0.2, 0.25) is 0 Å². The summed E-state index contributed by atoms with van der Waals surface area (Å²) in [4.78, 5) is 21.9. The number of carbonyl (C=O) groups is 1. The summed E-state index contributed by atoms with van der Waals surface area (Å²) in [5.41, 5.74) is 10.5. The molecule has 1 saturated heterocycles. The molecule has 2 aliphatic rings. The van der Waals surface area contributed by atoms with Gasteiger partial charge in [0, 0.05) is 68.7 Å². The second kappa shape index (κ2) is 9.21. The van der Waals surface area contributed by atoms with Crippen molar-refractivity contribution >= 4 is 17.1 Å². The molecule has 0 spiro atoms. The molecule has 0 bridgehead atoms. The number of aryl methyl sites for hydroxylation is 2. The minimum absolute atomic E-state index is 0.263. The largest absolute Gasteiger partial charge is 0.369 e. The Bertz CT molecular complexity index is 1440. The van der Waals surface area contributed by atoms with Crippen LogP contribution in [-0.2, 0) is 12.8 Å². The molecule has 2 aromatic carbocycles. The molecule has 6 rings (SSSR count). The van der Waals surface area contributed by atoms with E-state index in [0.29, 0.717) is 12.5 Å². The molecule has 4 aromatic rings. The summed E-state index contributed by atoms with van der Waals surface area (Å²) in [5, 5.41) is 0. The van der Waals surface area contributed by atoms with E-state index in [4.69, 9.17) is 4.98 Å². The fraction of sp³-hybridized carbons (Fsp3) is 0.355. The monoisotopic (exact) mass is 478 g/mol. The maximum atomic E-state index is 12.1. The predicted molar refractivity (Wildman–Crippen MR) is 146 cm³/mol. The number of aromatic nitrogens is 2. The Labute approximate surface area is 213 Å². The van der Waals surface area contributed by atoms with E-state index >= 15 is 0 Å². The lowest BCUT2D eigenvalue weighted by atomic mass is 10.00. The third-order valence-electron chi connectivity index (χ3n) is 7.99. The number of carbonyl (C=O) groups excluding carboxylic acids is 1. The van der Waals surface area contributed by atoms with Crippen LogP contribution in [0.15, 0.2) is 60.9 Å². The lowest BCUT2D eigenvalue weighted by Crippen LogP contribution is -2.49. The molecule has 2 aromatic heterocycles. The molecule has 5 heteroatoms. The molecule has 0 radical (unpaired) electrons. The zero-order valence-electron chi connectivity index (χ0n) is 21.5. The molecule has 0 unspecified atom stereocenters. The van der Waals surface area contributed by atoms with Gasteiger partial charge in [0.25, 0.3) is 0 Å². The first kappa shape index (κ1) is 23.0. The summed E-state index contributed by atoms with van der Waals surface area (Å²) >= 11 is 0. The maximum absolute atomic E-state index is 12.1. The summed E-state index contributed by atoms with van der Waals surface area (Å²) in [5.74, 6) is 0.263. The lowest BCUT2D eigenvalue weighted by molar-refractivity contribution is 0.0994. The van der Waals surface area contributed by atoms with Gasteiger partial charge in [-0.25, -0.2) is 4.98 Å². The molecule has 1 fully saturated rings. The number of Topliss-reactive ketones (excluding diaryl/α,β-unsaturated/α-hetero) is 1. The van der Waals surface area contributed by atoms with Crippen LogP contribution in [0.1, 0.15) is 52.9 Å². The Kier molecular flexibility index (Phi) is 5.88. The minimum atomic E-state index is 0.263. The Balaban J connectivity index is 1.24. The number of hydrogen-bond acceptors (Lipinski definition) is 4. The molecule has 3 heterocycles. The van der Waals surface area contributed by atoms with Crippen molar-refractivity contribution in [3.8, 4) is 11.3 Å². The molecular formula is C31H34N4O. The van der Waals surface area contributed by atoms with Gasteiger partial charge in [-0.3, -0.25) is 14.1 Å². The van der Waals surface area contributed by atoms with E-state index in [0.717, 1.165) is 67.1 Å². The van der Waals surface area contributed by atoms with Gasteiger partial charge < -0.3 is 4.90 Å². The van der Waals surface area contributed by atoms with Crippen molar-refractivity contribution in [2.45, 2.75) is 46.1 Å². The van der Waals surface area contributed by atoms with Crippen molar-refractivity contribution in [2.24, 2.45) is 0 Å². The van der Waals surface area contributed by atoms with E-state index in [2.05, 4.69) is 77.4 Å². The first-order valence-electron chi connectivity index (χ1n) is 13.2. The van der Waals surface area contributed by atoms with Gasteiger partial charge in [0.2, 0.25) is 0 Å². The summed E-state index contributed by atoms with van der Waals surface area (Å²) in [6, 6.07) is 18.2. The molecule has 184 valence electrons. The van der Waals surface area contributed by atoms with Crippen molar-refractivity contribution < 1.29 is 4.79 Å². The molecule has 1 aliphatic heterocycles. The highest BCUT2D eigenvalue weighted by atomic mass is 16.1. The summed E-state index contributed by atoms with van der Waals surface area (Å²) in [6.07, 6.45) is 6.24. The highest BCUT2D eigenvalue weighted by molar-refractivity contribution is 6.00. The number of hydrogen-bond donors (Lipinski definition) is 0. The Hall–Kier alpha value is -3.44. The van der Waals surface area contributed by atoms with E-state index < -0.39 is 0 Å². The summed E-state index contributed by atoms with van der Waals surface area (Å²) < 4.78 is 2.18. The molecule has 36 heavy (non-hydrogen) atoms. The van der Waals surface area contributed by atoms with Crippen LogP contribution in [0.25, 0.3) is 16.9 Å². The Morgan fingerprint density at radius 1 is 0.944 bits per heavy atom. The molecule has 0 amide bonds. The van der Waals surface area contributed by atoms with Gasteiger partial charge in [-0.2, -0.15) is 0 Å². The van der Waals surface area contributed by atoms with Crippen LogP contribution in [0.3, 0.4) is 0 Å². The number of nitrogens with zero attached hydrogens (tertiary/aromatic N) is 4. The maximum Gasteiger partial charge on any atom is 0.163 e. The van der Waals surface area contributed by atoms with E-state index in [1.54, 1.807) is 0 Å². The third kappa shape index (κ3) is 4.11. The van der Waals surface area contributed by atoms with E-state index in [1.807, 2.05) is 18.5 Å². The summed E-state index contributed by atoms with van der Waals surface area (Å²) in [7, 11) is 0. The average molecular weight is 479 g/mol. The highest BCUT2D eigenvalue weighted by Gasteiger charge is 2.21. The van der Waals surface area contributed by atoms with E-state index in [1.165, 1.54) is 22.4 Å². The SMILES string of the molecule is Cc1cc(Cc2ccc(-c3ccc4c(c3)CCC4=O)n3ccnc23)ccc1N1CCN(C(C)C)CC1. The van der Waals surface area contributed by atoms with Crippen LogP contribution >= 0.6 is 0 Å². The first-order valence-corrected chi connectivity index (χ1v) is 13.2. The zero-order chi connectivity index (χ0) is 24.8. The molecule has 0 N–H and O–H groups in total. The average Bonchev–Trinajstić information content (AvgIpc) is 3.52. The number of imidazole rings is 1. The van der Waals surface area contributed by atoms with Crippen LogP contribution < -0.4 is 4.90 Å². The van der Waals surface area contributed by atoms with Gasteiger partial charge in [0.05, 0.1) is 5.69 Å². The van der Waals surface area contributed by atoms with Crippen LogP contribution in [0.4, 0.5) is 5.69 Å². The number of piperazine rings is 1. The van der Waals surface area contributed by atoms with Gasteiger partial charge in [-0.1, -0.05) is 30.3 Å². The number of anilines is 1. The number of ketones is 1. The quantitative estimate of drug-likeness (QED) is 0.377. The number of benzene rings is 2. The van der Waals surface area contributed by atoms with Crippen LogP contribution in [-0.4, -0.2) is 52.3 Å². The van der Waals surface area contributed by atoms with Crippen LogP contribution in [0.5, 0.6) is 0 Å². The highest BCUT2D eigenvalue weighted by Crippen LogP contribution is 2.30. The van der Waals surface area contributed by atoms with Gasteiger partial charge in [-0.05, 0) is 73.2 Å².